The lowest BCUT2D eigenvalue weighted by Gasteiger charge is -2.12. The number of H-pyrrole nitrogens is 1. The molecule has 34 heavy (non-hydrogen) atoms. The van der Waals surface area contributed by atoms with Gasteiger partial charge in [-0.1, -0.05) is 30.3 Å². The molecule has 0 aliphatic rings. The number of nitrogens with zero attached hydrogens (tertiary/aromatic N) is 4. The Morgan fingerprint density at radius 3 is 2.53 bits per heavy atom. The molecule has 0 unspecified atom stereocenters. The van der Waals surface area contributed by atoms with Gasteiger partial charge in [0.05, 0.1) is 17.3 Å². The van der Waals surface area contributed by atoms with E-state index in [0.717, 1.165) is 33.6 Å². The average Bonchev–Trinajstić information content (AvgIpc) is 3.34. The maximum atomic E-state index is 13.6. The van der Waals surface area contributed by atoms with Crippen molar-refractivity contribution in [1.82, 2.24) is 24.4 Å². The van der Waals surface area contributed by atoms with Crippen molar-refractivity contribution in [2.75, 3.05) is 14.1 Å². The van der Waals surface area contributed by atoms with Crippen LogP contribution in [0, 0.1) is 13.8 Å². The maximum Gasteiger partial charge on any atom is 0.254 e. The second-order valence-electron chi connectivity index (χ2n) is 8.69. The van der Waals surface area contributed by atoms with Gasteiger partial charge < -0.3 is 14.5 Å². The molecule has 0 radical (unpaired) electrons. The number of aromatic nitrogens is 4. The molecule has 170 valence electrons. The second-order valence-corrected chi connectivity index (χ2v) is 8.69. The topological polar surface area (TPSA) is 83.9 Å². The lowest BCUT2D eigenvalue weighted by atomic mass is 9.96. The first-order valence-corrected chi connectivity index (χ1v) is 11.1. The average molecular weight is 452 g/mol. The van der Waals surface area contributed by atoms with Crippen molar-refractivity contribution in [3.05, 3.63) is 94.7 Å². The van der Waals surface area contributed by atoms with Crippen LogP contribution in [0.3, 0.4) is 0 Å². The molecule has 0 fully saturated rings. The van der Waals surface area contributed by atoms with Crippen molar-refractivity contribution in [2.24, 2.45) is 0 Å². The zero-order valence-corrected chi connectivity index (χ0v) is 19.6. The summed E-state index contributed by atoms with van der Waals surface area (Å²) in [6.07, 6.45) is 3.53. The number of aromatic amines is 1. The molecule has 1 N–H and O–H groups in total. The minimum atomic E-state index is -0.132. The van der Waals surface area contributed by atoms with Crippen LogP contribution in [0.15, 0.2) is 60.9 Å². The molecule has 7 heteroatoms. The minimum absolute atomic E-state index is 0.107. The normalized spacial score (nSPS) is 11.3. The summed E-state index contributed by atoms with van der Waals surface area (Å²) in [6.45, 7) is 4.49. The highest BCUT2D eigenvalue weighted by molar-refractivity contribution is 6.21. The second kappa shape index (κ2) is 8.26. The van der Waals surface area contributed by atoms with E-state index in [2.05, 4.69) is 19.5 Å². The van der Waals surface area contributed by atoms with E-state index in [1.165, 1.54) is 4.90 Å². The number of hydrogen-bond acceptors (Lipinski definition) is 4. The van der Waals surface area contributed by atoms with Gasteiger partial charge >= 0.3 is 0 Å². The van der Waals surface area contributed by atoms with Gasteiger partial charge in [0.1, 0.15) is 11.3 Å². The van der Waals surface area contributed by atoms with Crippen molar-refractivity contribution in [3.8, 4) is 0 Å². The summed E-state index contributed by atoms with van der Waals surface area (Å²) in [5.74, 6) is 0.674. The van der Waals surface area contributed by atoms with Crippen LogP contribution in [0.25, 0.3) is 21.9 Å². The van der Waals surface area contributed by atoms with Gasteiger partial charge in [-0.25, -0.2) is 4.98 Å². The zero-order valence-electron chi connectivity index (χ0n) is 19.6. The van der Waals surface area contributed by atoms with Gasteiger partial charge in [-0.3, -0.25) is 14.6 Å². The van der Waals surface area contributed by atoms with E-state index in [1.54, 1.807) is 32.6 Å². The number of imidazole rings is 1. The summed E-state index contributed by atoms with van der Waals surface area (Å²) in [6, 6.07) is 15.1. The van der Waals surface area contributed by atoms with E-state index in [9.17, 15) is 9.59 Å². The number of fused-ring (bicyclic) bond motifs is 2. The maximum absolute atomic E-state index is 13.6. The number of nitrogens with one attached hydrogen (secondary N) is 1. The van der Waals surface area contributed by atoms with E-state index in [-0.39, 0.29) is 11.7 Å². The number of hydrogen-bond donors (Lipinski definition) is 1. The van der Waals surface area contributed by atoms with Crippen LogP contribution in [0.5, 0.6) is 0 Å². The summed E-state index contributed by atoms with van der Waals surface area (Å²) in [5.41, 5.74) is 6.12. The van der Waals surface area contributed by atoms with Gasteiger partial charge in [-0.05, 0) is 37.6 Å². The van der Waals surface area contributed by atoms with Gasteiger partial charge in [-0.15, -0.1) is 0 Å². The Labute approximate surface area is 197 Å². The number of carbonyl (C=O) groups is 2. The molecule has 0 saturated carbocycles. The first kappa shape index (κ1) is 21.6. The molecule has 0 atom stereocenters. The zero-order chi connectivity index (χ0) is 24.0. The molecule has 3 aromatic heterocycles. The van der Waals surface area contributed by atoms with Gasteiger partial charge in [0.25, 0.3) is 5.91 Å². The largest absolute Gasteiger partial charge is 0.358 e. The number of aryl methyl sites for hydroxylation is 2. The molecule has 0 aliphatic carbocycles. The molecule has 3 heterocycles. The quantitative estimate of drug-likeness (QED) is 0.399. The highest BCUT2D eigenvalue weighted by Crippen LogP contribution is 2.29. The number of carbonyl (C=O) groups excluding carboxylic acids is 2. The SMILES string of the molecule is Cc1[nH]c2cccc(C(=O)N(C)C)c2c1C(=O)c1ccc(Cn2c(C)nc3cnccc32)cc1. The van der Waals surface area contributed by atoms with Crippen LogP contribution in [0.1, 0.15) is 43.4 Å². The Morgan fingerprint density at radius 2 is 1.79 bits per heavy atom. The number of rotatable bonds is 5. The molecule has 0 aliphatic heterocycles. The Kier molecular flexibility index (Phi) is 5.24. The molecular formula is C27H25N5O2. The summed E-state index contributed by atoms with van der Waals surface area (Å²) < 4.78 is 2.14. The van der Waals surface area contributed by atoms with Crippen LogP contribution in [-0.2, 0) is 6.54 Å². The summed E-state index contributed by atoms with van der Waals surface area (Å²) in [5, 5.41) is 0.668. The number of pyridine rings is 1. The highest BCUT2D eigenvalue weighted by Gasteiger charge is 2.23. The Bertz CT molecular complexity index is 1560. The van der Waals surface area contributed by atoms with Gasteiger partial charge in [0, 0.05) is 54.6 Å². The molecule has 1 amide bonds. The van der Waals surface area contributed by atoms with E-state index in [4.69, 9.17) is 0 Å². The third kappa shape index (κ3) is 3.55. The molecule has 0 saturated heterocycles. The Balaban J connectivity index is 1.50. The van der Waals surface area contributed by atoms with Gasteiger partial charge in [-0.2, -0.15) is 0 Å². The Morgan fingerprint density at radius 1 is 1.03 bits per heavy atom. The summed E-state index contributed by atoms with van der Waals surface area (Å²) in [7, 11) is 3.42. The first-order valence-electron chi connectivity index (χ1n) is 11.1. The molecule has 5 aromatic rings. The molecule has 7 nitrogen and oxygen atoms in total. The lowest BCUT2D eigenvalue weighted by molar-refractivity contribution is 0.0829. The number of ketones is 1. The molecule has 0 bridgehead atoms. The summed E-state index contributed by atoms with van der Waals surface area (Å²) in [4.78, 5) is 39.9. The van der Waals surface area contributed by atoms with Crippen molar-refractivity contribution in [1.29, 1.82) is 0 Å². The predicted molar refractivity (Wildman–Crippen MR) is 132 cm³/mol. The molecule has 2 aromatic carbocycles. The van der Waals surface area contributed by atoms with E-state index in [0.29, 0.717) is 28.6 Å². The predicted octanol–water partition coefficient (Wildman–Crippen LogP) is 4.51. The molecule has 5 rings (SSSR count). The van der Waals surface area contributed by atoms with Crippen molar-refractivity contribution in [3.63, 3.8) is 0 Å². The highest BCUT2D eigenvalue weighted by atomic mass is 16.2. The van der Waals surface area contributed by atoms with E-state index < -0.39 is 0 Å². The van der Waals surface area contributed by atoms with Crippen molar-refractivity contribution in [2.45, 2.75) is 20.4 Å². The van der Waals surface area contributed by atoms with Crippen LogP contribution in [0.2, 0.25) is 0 Å². The van der Waals surface area contributed by atoms with Crippen LogP contribution >= 0.6 is 0 Å². The number of benzene rings is 2. The first-order chi connectivity index (χ1) is 16.3. The van der Waals surface area contributed by atoms with Crippen molar-refractivity contribution < 1.29 is 9.59 Å². The monoisotopic (exact) mass is 451 g/mol. The Hall–Kier alpha value is -4.26. The number of amides is 1. The van der Waals surface area contributed by atoms with Gasteiger partial charge in [0.15, 0.2) is 5.78 Å². The fourth-order valence-corrected chi connectivity index (χ4v) is 4.47. The third-order valence-corrected chi connectivity index (χ3v) is 6.17. The van der Waals surface area contributed by atoms with Crippen LogP contribution in [-0.4, -0.2) is 50.2 Å². The minimum Gasteiger partial charge on any atom is -0.358 e. The lowest BCUT2D eigenvalue weighted by Crippen LogP contribution is -2.22. The van der Waals surface area contributed by atoms with Crippen LogP contribution < -0.4 is 0 Å². The third-order valence-electron chi connectivity index (χ3n) is 6.17. The smallest absolute Gasteiger partial charge is 0.254 e. The fraction of sp³-hybridized carbons (Fsp3) is 0.185. The molecular weight excluding hydrogens is 426 g/mol. The van der Waals surface area contributed by atoms with Gasteiger partial charge in [0.2, 0.25) is 0 Å². The fourth-order valence-electron chi connectivity index (χ4n) is 4.47. The van der Waals surface area contributed by atoms with E-state index >= 15 is 0 Å². The molecule has 0 spiro atoms. The van der Waals surface area contributed by atoms with Crippen molar-refractivity contribution >= 4 is 33.6 Å². The standard InChI is InChI=1S/C27H25N5O2/c1-16-24(25-20(27(34)31(3)4)6-5-7-21(25)29-16)26(33)19-10-8-18(9-11-19)15-32-17(2)30-22-14-28-13-12-23(22)32/h5-14,29H,15H2,1-4H3. The van der Waals surface area contributed by atoms with Crippen LogP contribution in [0.4, 0.5) is 0 Å². The van der Waals surface area contributed by atoms with E-state index in [1.807, 2.05) is 56.3 Å². The summed E-state index contributed by atoms with van der Waals surface area (Å²) >= 11 is 0.